The molecule has 3 aliphatic rings. The number of aliphatic hydroxyl groups excluding tert-OH is 1. The Morgan fingerprint density at radius 2 is 1.37 bits per heavy atom. The van der Waals surface area contributed by atoms with Crippen molar-refractivity contribution in [3.63, 3.8) is 0 Å². The molecule has 0 radical (unpaired) electrons. The summed E-state index contributed by atoms with van der Waals surface area (Å²) in [5.41, 5.74) is 5.95. The highest BCUT2D eigenvalue weighted by Gasteiger charge is 2.40. The number of likely N-dealkylation sites (N-methyl/N-ethyl adjacent to an activating group) is 1. The number of nitrogens with one attached hydrogen (secondary N) is 4. The van der Waals surface area contributed by atoms with E-state index in [-0.39, 0.29) is 30.9 Å². The quantitative estimate of drug-likeness (QED) is 0.252. The minimum Gasteiger partial charge on any atom is -0.391 e. The monoisotopic (exact) mass is 692 g/mol. The molecular weight excluding hydrogens is 628 g/mol. The normalized spacial score (nSPS) is 32.4. The van der Waals surface area contributed by atoms with Crippen molar-refractivity contribution in [3.8, 4) is 0 Å². The van der Waals surface area contributed by atoms with Crippen molar-refractivity contribution in [1.29, 1.82) is 0 Å². The summed E-state index contributed by atoms with van der Waals surface area (Å²) in [6.07, 6.45) is 10.4. The maximum atomic E-state index is 14.5. The Labute approximate surface area is 293 Å². The summed E-state index contributed by atoms with van der Waals surface area (Å²) in [7, 11) is 1.68. The fourth-order valence-electron chi connectivity index (χ4n) is 7.50. The lowest BCUT2D eigenvalue weighted by molar-refractivity contribution is -0.148. The lowest BCUT2D eigenvalue weighted by Gasteiger charge is -2.37. The second-order valence-corrected chi connectivity index (χ2v) is 15.1. The number of fused-ring (bicyclic) bond motifs is 1. The lowest BCUT2D eigenvalue weighted by Crippen LogP contribution is -2.62. The molecule has 1 aliphatic heterocycles. The minimum absolute atomic E-state index is 0.0855. The zero-order valence-electron chi connectivity index (χ0n) is 30.5. The van der Waals surface area contributed by atoms with E-state index in [1.54, 1.807) is 18.9 Å². The molecule has 5 amide bonds. The standard InChI is InChI=1S/C36H64N6O7/c1-22(2)19-28-33(45)41-31(25-15-11-10-12-16-25)35(47)39-27(20-37)32(44)40-30(24(4)43)34(46)38-23(3)21-49-29-18-14-9-7-6-8-13-17-26(29)36(48)42(28)5/h22-31,43H,6-21,37H2,1-5H3,(H,38,46)(H,39,47)(H,40,44)(H,41,45)/t23-,24+,26-,27+,28+,29-,30+,31?/m1/s1. The molecule has 280 valence electrons. The molecule has 0 aromatic heterocycles. The van der Waals surface area contributed by atoms with E-state index in [1.165, 1.54) is 6.92 Å². The van der Waals surface area contributed by atoms with Gasteiger partial charge in [0.2, 0.25) is 29.5 Å². The molecule has 1 saturated heterocycles. The molecule has 1 heterocycles. The fraction of sp³-hybridized carbons (Fsp3) is 0.861. The first-order valence-corrected chi connectivity index (χ1v) is 18.8. The van der Waals surface area contributed by atoms with Crippen LogP contribution in [0.25, 0.3) is 0 Å². The number of hydrogen-bond donors (Lipinski definition) is 6. The van der Waals surface area contributed by atoms with Gasteiger partial charge in [-0.15, -0.1) is 0 Å². The molecule has 3 fully saturated rings. The van der Waals surface area contributed by atoms with Crippen molar-refractivity contribution >= 4 is 29.5 Å². The molecule has 13 heteroatoms. The van der Waals surface area contributed by atoms with Crippen LogP contribution in [-0.2, 0) is 28.7 Å². The van der Waals surface area contributed by atoms with Crippen LogP contribution in [0.2, 0.25) is 0 Å². The van der Waals surface area contributed by atoms with Crippen LogP contribution in [0.15, 0.2) is 0 Å². The van der Waals surface area contributed by atoms with E-state index in [0.29, 0.717) is 19.3 Å². The van der Waals surface area contributed by atoms with Crippen molar-refractivity contribution in [2.24, 2.45) is 23.5 Å². The lowest BCUT2D eigenvalue weighted by atomic mass is 9.83. The van der Waals surface area contributed by atoms with Crippen LogP contribution in [0.5, 0.6) is 0 Å². The number of amides is 5. The van der Waals surface area contributed by atoms with E-state index in [2.05, 4.69) is 21.3 Å². The summed E-state index contributed by atoms with van der Waals surface area (Å²) in [5.74, 6) is -3.01. The maximum absolute atomic E-state index is 14.5. The van der Waals surface area contributed by atoms with Crippen LogP contribution < -0.4 is 27.0 Å². The summed E-state index contributed by atoms with van der Waals surface area (Å²) in [4.78, 5) is 70.9. The highest BCUT2D eigenvalue weighted by atomic mass is 16.5. The highest BCUT2D eigenvalue weighted by molar-refractivity contribution is 5.96. The molecule has 2 saturated carbocycles. The number of nitrogens with zero attached hydrogens (tertiary/aromatic N) is 1. The summed E-state index contributed by atoms with van der Waals surface area (Å²) >= 11 is 0. The van der Waals surface area contributed by atoms with E-state index >= 15 is 0 Å². The van der Waals surface area contributed by atoms with Crippen molar-refractivity contribution < 1.29 is 33.8 Å². The van der Waals surface area contributed by atoms with Crippen LogP contribution in [0.3, 0.4) is 0 Å². The summed E-state index contributed by atoms with van der Waals surface area (Å²) < 4.78 is 6.44. The maximum Gasteiger partial charge on any atom is 0.245 e. The Bertz CT molecular complexity index is 1100. The number of aliphatic hydroxyl groups is 1. The molecule has 49 heavy (non-hydrogen) atoms. The van der Waals surface area contributed by atoms with Gasteiger partial charge in [0.05, 0.1) is 24.7 Å². The third kappa shape index (κ3) is 12.2. The molecular formula is C36H64N6O7. The highest BCUT2D eigenvalue weighted by Crippen LogP contribution is 2.29. The molecule has 0 bridgehead atoms. The second kappa shape index (κ2) is 20.2. The summed E-state index contributed by atoms with van der Waals surface area (Å²) in [5, 5.41) is 21.6. The molecule has 0 aromatic rings. The summed E-state index contributed by atoms with van der Waals surface area (Å²) in [6, 6.07) is -4.80. The Morgan fingerprint density at radius 3 is 1.98 bits per heavy atom. The van der Waals surface area contributed by atoms with Crippen molar-refractivity contribution in [2.75, 3.05) is 20.2 Å². The molecule has 3 rings (SSSR count). The van der Waals surface area contributed by atoms with Gasteiger partial charge < -0.3 is 41.7 Å². The Hall–Kier alpha value is -2.77. The van der Waals surface area contributed by atoms with E-state index in [4.69, 9.17) is 10.5 Å². The number of rotatable bonds is 5. The van der Waals surface area contributed by atoms with E-state index in [0.717, 1.165) is 70.6 Å². The number of nitrogens with two attached hydrogens (primary N) is 1. The molecule has 8 atom stereocenters. The fourth-order valence-corrected chi connectivity index (χ4v) is 7.50. The van der Waals surface area contributed by atoms with Gasteiger partial charge in [0.25, 0.3) is 0 Å². The van der Waals surface area contributed by atoms with Gasteiger partial charge in [0.1, 0.15) is 24.2 Å². The van der Waals surface area contributed by atoms with Crippen LogP contribution in [0, 0.1) is 17.8 Å². The zero-order chi connectivity index (χ0) is 36.1. The average Bonchev–Trinajstić information content (AvgIpc) is 3.07. The van der Waals surface area contributed by atoms with E-state index in [9.17, 15) is 29.1 Å². The van der Waals surface area contributed by atoms with Gasteiger partial charge in [-0.25, -0.2) is 0 Å². The van der Waals surface area contributed by atoms with Gasteiger partial charge in [-0.2, -0.15) is 0 Å². The molecule has 7 N–H and O–H groups in total. The molecule has 13 nitrogen and oxygen atoms in total. The van der Waals surface area contributed by atoms with Crippen molar-refractivity contribution in [3.05, 3.63) is 0 Å². The Balaban J connectivity index is 2.05. The molecule has 2 aliphatic carbocycles. The number of carbonyl (C=O) groups is 5. The summed E-state index contributed by atoms with van der Waals surface area (Å²) in [6.45, 7) is 7.01. The predicted molar refractivity (Wildman–Crippen MR) is 187 cm³/mol. The largest absolute Gasteiger partial charge is 0.391 e. The minimum atomic E-state index is -1.31. The molecule has 0 aromatic carbocycles. The first-order chi connectivity index (χ1) is 23.3. The smallest absolute Gasteiger partial charge is 0.245 e. The molecule has 1 unspecified atom stereocenters. The Morgan fingerprint density at radius 1 is 0.776 bits per heavy atom. The third-order valence-corrected chi connectivity index (χ3v) is 10.4. The van der Waals surface area contributed by atoms with Crippen molar-refractivity contribution in [1.82, 2.24) is 26.2 Å². The SMILES string of the molecule is CC(C)C[C@H]1C(=O)NC(C2CCCCC2)C(=O)N[C@@H](CN)C(=O)N[C@@H]([C@H](C)O)C(=O)N[C@H](C)CO[C@@H]2CCCCCCCC[C@H]2C(=O)N1C. The van der Waals surface area contributed by atoms with E-state index in [1.807, 2.05) is 13.8 Å². The number of carbonyl (C=O) groups excluding carboxylic acids is 5. The van der Waals surface area contributed by atoms with Crippen LogP contribution in [-0.4, -0.2) is 102 Å². The van der Waals surface area contributed by atoms with Gasteiger partial charge >= 0.3 is 0 Å². The first kappa shape index (κ1) is 40.7. The molecule has 0 spiro atoms. The van der Waals surface area contributed by atoms with Crippen LogP contribution >= 0.6 is 0 Å². The predicted octanol–water partition coefficient (Wildman–Crippen LogP) is 1.89. The average molecular weight is 693 g/mol. The van der Waals surface area contributed by atoms with Gasteiger partial charge in [-0.1, -0.05) is 71.6 Å². The van der Waals surface area contributed by atoms with Crippen LogP contribution in [0.1, 0.15) is 118 Å². The van der Waals surface area contributed by atoms with Gasteiger partial charge in [0.15, 0.2) is 0 Å². The topological polar surface area (TPSA) is 192 Å². The Kier molecular flexibility index (Phi) is 16.7. The number of ether oxygens (including phenoxy) is 1. The van der Waals surface area contributed by atoms with Crippen molar-refractivity contribution in [2.45, 2.75) is 160 Å². The zero-order valence-corrected chi connectivity index (χ0v) is 30.5. The van der Waals surface area contributed by atoms with Gasteiger partial charge in [-0.05, 0) is 57.8 Å². The third-order valence-electron chi connectivity index (χ3n) is 10.4. The van der Waals surface area contributed by atoms with Gasteiger partial charge in [-0.3, -0.25) is 24.0 Å². The van der Waals surface area contributed by atoms with E-state index < -0.39 is 72.0 Å². The first-order valence-electron chi connectivity index (χ1n) is 18.8. The number of hydrogen-bond acceptors (Lipinski definition) is 8. The van der Waals surface area contributed by atoms with Crippen LogP contribution in [0.4, 0.5) is 0 Å². The second-order valence-electron chi connectivity index (χ2n) is 15.1. The van der Waals surface area contributed by atoms with Gasteiger partial charge in [0, 0.05) is 19.6 Å².